The van der Waals surface area contributed by atoms with Crippen LogP contribution in [-0.2, 0) is 4.79 Å². The molecule has 0 fully saturated rings. The highest BCUT2D eigenvalue weighted by atomic mass is 16.4. The lowest BCUT2D eigenvalue weighted by atomic mass is 10.1. The van der Waals surface area contributed by atoms with Gasteiger partial charge in [-0.05, 0) is 24.6 Å². The molecule has 1 aromatic heterocycles. The van der Waals surface area contributed by atoms with Crippen molar-refractivity contribution in [3.63, 3.8) is 0 Å². The number of carboxylic acid groups (broad SMARTS) is 1. The van der Waals surface area contributed by atoms with E-state index in [-0.39, 0.29) is 5.57 Å². The number of hydrogen-bond donors (Lipinski definition) is 1. The molecule has 0 amide bonds. The van der Waals surface area contributed by atoms with Gasteiger partial charge < -0.3 is 5.11 Å². The second-order valence-corrected chi connectivity index (χ2v) is 3.76. The molecule has 0 saturated carbocycles. The minimum absolute atomic E-state index is 0.216. The molecule has 1 aromatic carbocycles. The van der Waals surface area contributed by atoms with Gasteiger partial charge in [-0.15, -0.1) is 0 Å². The van der Waals surface area contributed by atoms with Gasteiger partial charge in [0.25, 0.3) is 0 Å². The summed E-state index contributed by atoms with van der Waals surface area (Å²) in [7, 11) is 0. The third-order valence-electron chi connectivity index (χ3n) is 2.40. The summed E-state index contributed by atoms with van der Waals surface area (Å²) in [5.74, 6) is -0.362. The monoisotopic (exact) mass is 240 g/mol. The Balaban J connectivity index is 2.46. The van der Waals surface area contributed by atoms with Crippen molar-refractivity contribution in [3.05, 3.63) is 59.7 Å². The Morgan fingerprint density at radius 2 is 1.94 bits per heavy atom. The Kier molecular flexibility index (Phi) is 3.48. The average Bonchev–Trinajstić information content (AvgIpc) is 2.37. The number of carboxylic acids is 1. The van der Waals surface area contributed by atoms with Crippen molar-refractivity contribution in [1.29, 1.82) is 0 Å². The molecule has 4 nitrogen and oxygen atoms in total. The molecule has 18 heavy (non-hydrogen) atoms. The van der Waals surface area contributed by atoms with E-state index in [1.54, 1.807) is 49.5 Å². The first-order valence-electron chi connectivity index (χ1n) is 5.47. The zero-order valence-electron chi connectivity index (χ0n) is 9.87. The maximum atomic E-state index is 11.3. The number of rotatable bonds is 3. The maximum absolute atomic E-state index is 11.3. The van der Waals surface area contributed by atoms with Gasteiger partial charge in [-0.25, -0.2) is 14.8 Å². The van der Waals surface area contributed by atoms with Crippen LogP contribution in [0.5, 0.6) is 0 Å². The Bertz CT molecular complexity index is 592. The summed E-state index contributed by atoms with van der Waals surface area (Å²) in [6.07, 6.45) is 3.16. The molecule has 2 aromatic rings. The third-order valence-corrected chi connectivity index (χ3v) is 2.40. The van der Waals surface area contributed by atoms with Gasteiger partial charge in [-0.1, -0.05) is 30.3 Å². The van der Waals surface area contributed by atoms with Gasteiger partial charge in [-0.2, -0.15) is 0 Å². The van der Waals surface area contributed by atoms with E-state index in [4.69, 9.17) is 0 Å². The summed E-state index contributed by atoms with van der Waals surface area (Å²) in [5.41, 5.74) is 1.46. The normalized spacial score (nSPS) is 11.3. The molecule has 2 rings (SSSR count). The van der Waals surface area contributed by atoms with Crippen molar-refractivity contribution in [1.82, 2.24) is 9.97 Å². The van der Waals surface area contributed by atoms with E-state index in [1.165, 1.54) is 0 Å². The minimum atomic E-state index is -0.975. The van der Waals surface area contributed by atoms with E-state index in [0.717, 1.165) is 0 Å². The second-order valence-electron chi connectivity index (χ2n) is 3.76. The summed E-state index contributed by atoms with van der Waals surface area (Å²) < 4.78 is 0. The van der Waals surface area contributed by atoms with Gasteiger partial charge in [0.05, 0.1) is 11.3 Å². The summed E-state index contributed by atoms with van der Waals surface area (Å²) in [4.78, 5) is 19.4. The fourth-order valence-corrected chi connectivity index (χ4v) is 1.59. The standard InChI is InChI=1S/C14H12N2O2/c1-10-15-8-7-12(16-10)9-13(14(17)18)11-5-3-2-4-6-11/h2-9H,1H3,(H,17,18)/b13-9+. The smallest absolute Gasteiger partial charge is 0.336 e. The van der Waals surface area contributed by atoms with Crippen molar-refractivity contribution in [2.24, 2.45) is 0 Å². The number of hydrogen-bond acceptors (Lipinski definition) is 3. The molecule has 0 aliphatic rings. The van der Waals surface area contributed by atoms with Crippen molar-refractivity contribution >= 4 is 17.6 Å². The summed E-state index contributed by atoms with van der Waals surface area (Å²) in [5, 5.41) is 9.25. The fraction of sp³-hybridized carbons (Fsp3) is 0.0714. The van der Waals surface area contributed by atoms with Crippen LogP contribution in [0.1, 0.15) is 17.1 Å². The largest absolute Gasteiger partial charge is 0.478 e. The number of nitrogens with zero attached hydrogens (tertiary/aromatic N) is 2. The second kappa shape index (κ2) is 5.23. The highest BCUT2D eigenvalue weighted by Gasteiger charge is 2.10. The topological polar surface area (TPSA) is 63.1 Å². The van der Waals surface area contributed by atoms with Crippen LogP contribution in [0.2, 0.25) is 0 Å². The zero-order chi connectivity index (χ0) is 13.0. The zero-order valence-corrected chi connectivity index (χ0v) is 9.87. The number of aliphatic carboxylic acids is 1. The van der Waals surface area contributed by atoms with Crippen LogP contribution >= 0.6 is 0 Å². The fourth-order valence-electron chi connectivity index (χ4n) is 1.59. The van der Waals surface area contributed by atoms with Crippen molar-refractivity contribution in [3.8, 4) is 0 Å². The Hall–Kier alpha value is -2.49. The third kappa shape index (κ3) is 2.79. The molecule has 0 saturated heterocycles. The molecule has 1 N–H and O–H groups in total. The SMILES string of the molecule is Cc1nccc(/C=C(/C(=O)O)c2ccccc2)n1. The first kappa shape index (κ1) is 12.0. The molecule has 0 radical (unpaired) electrons. The predicted molar refractivity (Wildman–Crippen MR) is 68.7 cm³/mol. The lowest BCUT2D eigenvalue weighted by molar-refractivity contribution is -0.130. The lowest BCUT2D eigenvalue weighted by Crippen LogP contribution is -2.00. The number of benzene rings is 1. The molecule has 90 valence electrons. The quantitative estimate of drug-likeness (QED) is 0.837. The van der Waals surface area contributed by atoms with Crippen molar-refractivity contribution < 1.29 is 9.90 Å². The van der Waals surface area contributed by atoms with E-state index in [9.17, 15) is 9.90 Å². The molecule has 0 spiro atoms. The highest BCUT2D eigenvalue weighted by molar-refractivity contribution is 6.20. The van der Waals surface area contributed by atoms with E-state index in [2.05, 4.69) is 9.97 Å². The number of aryl methyl sites for hydroxylation is 1. The van der Waals surface area contributed by atoms with E-state index in [1.807, 2.05) is 6.07 Å². The molecule has 4 heteroatoms. The number of aromatic nitrogens is 2. The average molecular weight is 240 g/mol. The van der Waals surface area contributed by atoms with Gasteiger partial charge in [0.2, 0.25) is 0 Å². The Labute approximate surface area is 105 Å². The molecular formula is C14H12N2O2. The summed E-state index contributed by atoms with van der Waals surface area (Å²) in [6.45, 7) is 1.76. The highest BCUT2D eigenvalue weighted by Crippen LogP contribution is 2.17. The van der Waals surface area contributed by atoms with E-state index >= 15 is 0 Å². The number of carbonyl (C=O) groups is 1. The predicted octanol–water partition coefficient (Wildman–Crippen LogP) is 2.41. The van der Waals surface area contributed by atoms with Gasteiger partial charge >= 0.3 is 5.97 Å². The Morgan fingerprint density at radius 1 is 1.22 bits per heavy atom. The van der Waals surface area contributed by atoms with Crippen LogP contribution < -0.4 is 0 Å². The van der Waals surface area contributed by atoms with E-state index in [0.29, 0.717) is 17.1 Å². The molecule has 0 aliphatic heterocycles. The van der Waals surface area contributed by atoms with Gasteiger partial charge in [0, 0.05) is 6.20 Å². The summed E-state index contributed by atoms with van der Waals surface area (Å²) in [6, 6.07) is 10.6. The van der Waals surface area contributed by atoms with Crippen LogP contribution in [0, 0.1) is 6.92 Å². The Morgan fingerprint density at radius 3 is 2.56 bits per heavy atom. The molecule has 1 heterocycles. The maximum Gasteiger partial charge on any atom is 0.336 e. The lowest BCUT2D eigenvalue weighted by Gasteiger charge is -2.02. The first-order valence-corrected chi connectivity index (χ1v) is 5.47. The van der Waals surface area contributed by atoms with Gasteiger partial charge in [0.1, 0.15) is 5.82 Å². The van der Waals surface area contributed by atoms with Gasteiger partial charge in [0.15, 0.2) is 0 Å². The van der Waals surface area contributed by atoms with Crippen LogP contribution in [0.25, 0.3) is 11.6 Å². The first-order chi connectivity index (χ1) is 8.66. The molecular weight excluding hydrogens is 228 g/mol. The van der Waals surface area contributed by atoms with Crippen molar-refractivity contribution in [2.45, 2.75) is 6.92 Å². The van der Waals surface area contributed by atoms with Crippen LogP contribution in [-0.4, -0.2) is 21.0 Å². The van der Waals surface area contributed by atoms with Crippen LogP contribution in [0.15, 0.2) is 42.6 Å². The molecule has 0 bridgehead atoms. The molecule has 0 unspecified atom stereocenters. The summed E-state index contributed by atoms with van der Waals surface area (Å²) >= 11 is 0. The van der Waals surface area contributed by atoms with Crippen LogP contribution in [0.4, 0.5) is 0 Å². The molecule has 0 aliphatic carbocycles. The molecule has 0 atom stereocenters. The minimum Gasteiger partial charge on any atom is -0.478 e. The van der Waals surface area contributed by atoms with Crippen molar-refractivity contribution in [2.75, 3.05) is 0 Å². The van der Waals surface area contributed by atoms with E-state index < -0.39 is 5.97 Å². The van der Waals surface area contributed by atoms with Crippen LogP contribution in [0.3, 0.4) is 0 Å². The van der Waals surface area contributed by atoms with Gasteiger partial charge in [-0.3, -0.25) is 0 Å².